The van der Waals surface area contributed by atoms with Crippen LogP contribution in [0.5, 0.6) is 5.75 Å². The number of amides is 2. The molecule has 1 fully saturated rings. The highest BCUT2D eigenvalue weighted by Crippen LogP contribution is 2.38. The molecule has 2 amide bonds. The van der Waals surface area contributed by atoms with Gasteiger partial charge in [-0.2, -0.15) is 22.0 Å². The van der Waals surface area contributed by atoms with E-state index in [0.29, 0.717) is 0 Å². The lowest BCUT2D eigenvalue weighted by atomic mass is 10.0. The third-order valence-corrected chi connectivity index (χ3v) is 4.82. The number of carbonyl (C=O) groups is 2. The highest BCUT2D eigenvalue weighted by atomic mass is 19.4. The number of hydrogen-bond donors (Lipinski definition) is 2. The molecule has 0 spiro atoms. The molecule has 0 saturated heterocycles. The number of alkyl halides is 5. The van der Waals surface area contributed by atoms with Gasteiger partial charge < -0.3 is 15.4 Å². The van der Waals surface area contributed by atoms with E-state index in [2.05, 4.69) is 15.0 Å². The second kappa shape index (κ2) is 8.16. The van der Waals surface area contributed by atoms with Crippen molar-refractivity contribution in [3.8, 4) is 5.75 Å². The van der Waals surface area contributed by atoms with E-state index in [9.17, 15) is 31.5 Å². The maximum Gasteiger partial charge on any atom is 0.499 e. The number of carbonyl (C=O) groups excluding carboxylic acids is 2. The second-order valence-electron chi connectivity index (χ2n) is 7.18. The Balaban J connectivity index is 1.88. The van der Waals surface area contributed by atoms with Gasteiger partial charge in [0.15, 0.2) is 0 Å². The molecule has 31 heavy (non-hydrogen) atoms. The van der Waals surface area contributed by atoms with E-state index in [1.807, 2.05) is 0 Å². The molecule has 3 rings (SSSR count). The summed E-state index contributed by atoms with van der Waals surface area (Å²) in [6, 6.07) is 2.77. The van der Waals surface area contributed by atoms with Gasteiger partial charge in [-0.15, -0.1) is 0 Å². The van der Waals surface area contributed by atoms with Crippen molar-refractivity contribution in [2.24, 2.45) is 16.6 Å². The van der Waals surface area contributed by atoms with Gasteiger partial charge in [0, 0.05) is 12.1 Å². The maximum atomic E-state index is 13.3. The summed E-state index contributed by atoms with van der Waals surface area (Å²) in [5, 5.41) is 2.62. The van der Waals surface area contributed by atoms with Crippen molar-refractivity contribution >= 4 is 17.8 Å². The summed E-state index contributed by atoms with van der Waals surface area (Å²) in [6.45, 7) is 1.55. The normalized spacial score (nSPS) is 20.1. The van der Waals surface area contributed by atoms with Crippen LogP contribution in [0.3, 0.4) is 0 Å². The zero-order chi connectivity index (χ0) is 23.0. The second-order valence-corrected chi connectivity index (χ2v) is 7.18. The molecule has 2 aliphatic rings. The maximum absolute atomic E-state index is 13.3. The first-order chi connectivity index (χ1) is 14.4. The Morgan fingerprint density at radius 2 is 1.94 bits per heavy atom. The molecule has 2 atom stereocenters. The van der Waals surface area contributed by atoms with Crippen LogP contribution in [0, 0.1) is 5.92 Å². The minimum absolute atomic E-state index is 0.0163. The molecular weight excluding hydrogens is 427 g/mol. The monoisotopic (exact) mass is 446 g/mol. The van der Waals surface area contributed by atoms with Crippen LogP contribution in [-0.2, 0) is 9.59 Å². The third-order valence-electron chi connectivity index (χ3n) is 4.82. The summed E-state index contributed by atoms with van der Waals surface area (Å²) < 4.78 is 67.8. The molecule has 7 nitrogen and oxygen atoms in total. The highest BCUT2D eigenvalue weighted by Gasteiger charge is 2.61. The zero-order valence-corrected chi connectivity index (χ0v) is 16.2. The molecule has 0 radical (unpaired) electrons. The first kappa shape index (κ1) is 22.5. The van der Waals surface area contributed by atoms with E-state index in [1.165, 1.54) is 29.3 Å². The number of rotatable bonds is 6. The molecule has 3 N–H and O–H groups in total. The number of benzene rings is 1. The van der Waals surface area contributed by atoms with Crippen LogP contribution >= 0.6 is 0 Å². The smallest absolute Gasteiger partial charge is 0.426 e. The quantitative estimate of drug-likeness (QED) is 0.657. The van der Waals surface area contributed by atoms with Crippen LogP contribution in [0.1, 0.15) is 31.4 Å². The Hall–Kier alpha value is -3.18. The number of hydrogen-bond acceptors (Lipinski definition) is 5. The van der Waals surface area contributed by atoms with Gasteiger partial charge in [0.1, 0.15) is 11.8 Å². The highest BCUT2D eigenvalue weighted by molar-refractivity contribution is 6.01. The molecule has 12 heteroatoms. The summed E-state index contributed by atoms with van der Waals surface area (Å²) in [5.74, 6) is -1.94. The molecule has 168 valence electrons. The fourth-order valence-corrected chi connectivity index (χ4v) is 3.00. The van der Waals surface area contributed by atoms with Crippen LogP contribution < -0.4 is 15.8 Å². The van der Waals surface area contributed by atoms with Gasteiger partial charge in [-0.3, -0.25) is 14.9 Å². The molecule has 1 aromatic rings. The van der Waals surface area contributed by atoms with E-state index < -0.39 is 36.0 Å². The average Bonchev–Trinajstić information content (AvgIpc) is 3.51. The van der Waals surface area contributed by atoms with Gasteiger partial charge in [-0.05, 0) is 43.5 Å². The van der Waals surface area contributed by atoms with Crippen molar-refractivity contribution in [2.45, 2.75) is 44.1 Å². The summed E-state index contributed by atoms with van der Waals surface area (Å²) in [4.78, 5) is 29.6. The number of aliphatic imine (C=N–C) groups is 1. The number of guanidine groups is 1. The summed E-state index contributed by atoms with van der Waals surface area (Å²) >= 11 is 0. The minimum Gasteiger partial charge on any atom is -0.426 e. The Morgan fingerprint density at radius 1 is 1.26 bits per heavy atom. The molecule has 0 aromatic heterocycles. The van der Waals surface area contributed by atoms with Crippen LogP contribution in [-0.4, -0.2) is 41.0 Å². The van der Waals surface area contributed by atoms with E-state index in [1.54, 1.807) is 6.92 Å². The van der Waals surface area contributed by atoms with E-state index in [0.717, 1.165) is 25.0 Å². The van der Waals surface area contributed by atoms with Crippen molar-refractivity contribution in [1.82, 2.24) is 10.2 Å². The van der Waals surface area contributed by atoms with Gasteiger partial charge in [0.2, 0.25) is 17.8 Å². The van der Waals surface area contributed by atoms with Crippen LogP contribution in [0.2, 0.25) is 0 Å². The number of nitrogens with two attached hydrogens (primary N) is 1. The summed E-state index contributed by atoms with van der Waals surface area (Å²) in [7, 11) is 0. The minimum atomic E-state index is -5.89. The predicted molar refractivity (Wildman–Crippen MR) is 98.8 cm³/mol. The Morgan fingerprint density at radius 3 is 2.52 bits per heavy atom. The lowest BCUT2D eigenvalue weighted by molar-refractivity contribution is -0.360. The molecule has 1 aliphatic heterocycles. The van der Waals surface area contributed by atoms with Gasteiger partial charge in [0.05, 0.1) is 6.04 Å². The number of ether oxygens (including phenoxy) is 1. The first-order valence-electron chi connectivity index (χ1n) is 9.27. The number of halogens is 5. The molecule has 1 aliphatic carbocycles. The topological polar surface area (TPSA) is 97.0 Å². The molecule has 1 aromatic carbocycles. The summed E-state index contributed by atoms with van der Waals surface area (Å²) in [5.41, 5.74) is 5.68. The SMILES string of the molecule is CC(c1cccc(OC(F)(F)C(F)(F)F)c1)N1C(NC(=O)C2CC2)=NC=C[C@@H]1C(N)=O. The van der Waals surface area contributed by atoms with Crippen LogP contribution in [0.25, 0.3) is 0 Å². The van der Waals surface area contributed by atoms with Gasteiger partial charge in [-0.25, -0.2) is 4.99 Å². The van der Waals surface area contributed by atoms with Gasteiger partial charge >= 0.3 is 12.3 Å². The standard InChI is InChI=1S/C19H19F5N4O3/c1-10(12-3-2-4-13(9-12)31-19(23,24)18(20,21)22)28-14(15(25)29)7-8-26-17(28)27-16(30)11-5-6-11/h2-4,7-11,14H,5-6H2,1H3,(H2,25,29)(H,26,27,30)/t10?,14-/m1/s1. The molecular formula is C19H19F5N4O3. The first-order valence-corrected chi connectivity index (χ1v) is 9.27. The van der Waals surface area contributed by atoms with Crippen molar-refractivity contribution in [1.29, 1.82) is 0 Å². The Bertz CT molecular complexity index is 927. The average molecular weight is 446 g/mol. The Labute approximate surface area is 173 Å². The van der Waals surface area contributed by atoms with Crippen molar-refractivity contribution in [3.63, 3.8) is 0 Å². The predicted octanol–water partition coefficient (Wildman–Crippen LogP) is 2.85. The summed E-state index contributed by atoms with van der Waals surface area (Å²) in [6.07, 6.45) is -7.17. The molecule has 1 saturated carbocycles. The van der Waals surface area contributed by atoms with Crippen molar-refractivity contribution in [2.75, 3.05) is 0 Å². The van der Waals surface area contributed by atoms with E-state index in [4.69, 9.17) is 5.73 Å². The van der Waals surface area contributed by atoms with Crippen molar-refractivity contribution < 1.29 is 36.3 Å². The largest absolute Gasteiger partial charge is 0.499 e. The van der Waals surface area contributed by atoms with Crippen LogP contribution in [0.15, 0.2) is 41.5 Å². The van der Waals surface area contributed by atoms with E-state index in [-0.39, 0.29) is 23.3 Å². The van der Waals surface area contributed by atoms with Crippen LogP contribution in [0.4, 0.5) is 22.0 Å². The molecule has 0 bridgehead atoms. The zero-order valence-electron chi connectivity index (χ0n) is 16.2. The van der Waals surface area contributed by atoms with Gasteiger partial charge in [0.25, 0.3) is 0 Å². The van der Waals surface area contributed by atoms with Crippen molar-refractivity contribution in [3.05, 3.63) is 42.1 Å². The lowest BCUT2D eigenvalue weighted by Crippen LogP contribution is -2.55. The third kappa shape index (κ3) is 4.94. The van der Waals surface area contributed by atoms with Gasteiger partial charge in [-0.1, -0.05) is 12.1 Å². The number of nitrogens with zero attached hydrogens (tertiary/aromatic N) is 2. The van der Waals surface area contributed by atoms with E-state index >= 15 is 0 Å². The number of nitrogens with one attached hydrogen (secondary N) is 1. The molecule has 1 heterocycles. The Kier molecular flexibility index (Phi) is 5.92. The number of primary amides is 1. The molecule has 1 unspecified atom stereocenters. The fraction of sp³-hybridized carbons (Fsp3) is 0.421. The lowest BCUT2D eigenvalue weighted by Gasteiger charge is -2.37. The fourth-order valence-electron chi connectivity index (χ4n) is 3.00.